The number of benzene rings is 1. The van der Waals surface area contributed by atoms with Crippen LogP contribution in [0.2, 0.25) is 5.02 Å². The third-order valence-corrected chi connectivity index (χ3v) is 5.48. The fraction of sp³-hybridized carbons (Fsp3) is 0.632. The van der Waals surface area contributed by atoms with Gasteiger partial charge in [0.2, 0.25) is 5.91 Å². The van der Waals surface area contributed by atoms with Gasteiger partial charge in [-0.3, -0.25) is 4.79 Å². The smallest absolute Gasteiger partial charge is 0.233 e. The molecule has 1 aromatic rings. The lowest BCUT2D eigenvalue weighted by molar-refractivity contribution is -0.140. The number of nitrogens with two attached hydrogens (primary N) is 1. The number of ether oxygens (including phenoxy) is 1. The summed E-state index contributed by atoms with van der Waals surface area (Å²) < 4.78 is 5.51. The van der Waals surface area contributed by atoms with Gasteiger partial charge in [0.05, 0.1) is 5.41 Å². The van der Waals surface area contributed by atoms with Gasteiger partial charge >= 0.3 is 0 Å². The summed E-state index contributed by atoms with van der Waals surface area (Å²) in [4.78, 5) is 15.1. The predicted octanol–water partition coefficient (Wildman–Crippen LogP) is 3.64. The van der Waals surface area contributed by atoms with Gasteiger partial charge in [0, 0.05) is 37.9 Å². The average Bonchev–Trinajstić information content (AvgIpc) is 2.59. The highest BCUT2D eigenvalue weighted by Crippen LogP contribution is 2.40. The van der Waals surface area contributed by atoms with Crippen molar-refractivity contribution >= 4 is 29.9 Å². The van der Waals surface area contributed by atoms with Crippen molar-refractivity contribution in [3.05, 3.63) is 34.9 Å². The van der Waals surface area contributed by atoms with Crippen LogP contribution < -0.4 is 5.73 Å². The Balaban J connectivity index is 0.00000312. The van der Waals surface area contributed by atoms with Crippen molar-refractivity contribution in [2.45, 2.75) is 44.6 Å². The average molecular weight is 389 g/mol. The number of halogens is 2. The summed E-state index contributed by atoms with van der Waals surface area (Å²) >= 11 is 6.43. The molecular formula is C19H30Cl2N2O2. The minimum absolute atomic E-state index is 0. The zero-order valence-corrected chi connectivity index (χ0v) is 16.9. The van der Waals surface area contributed by atoms with Gasteiger partial charge in [0.1, 0.15) is 0 Å². The summed E-state index contributed by atoms with van der Waals surface area (Å²) in [6, 6.07) is 7.77. The molecule has 0 aliphatic carbocycles. The van der Waals surface area contributed by atoms with Crippen LogP contribution in [-0.2, 0) is 14.9 Å². The van der Waals surface area contributed by atoms with Crippen molar-refractivity contribution < 1.29 is 9.53 Å². The van der Waals surface area contributed by atoms with E-state index < -0.39 is 5.41 Å². The van der Waals surface area contributed by atoms with Crippen LogP contribution in [0.4, 0.5) is 0 Å². The monoisotopic (exact) mass is 388 g/mol. The normalized spacial score (nSPS) is 17.7. The summed E-state index contributed by atoms with van der Waals surface area (Å²) in [5.74, 6) is 0.531. The molecule has 1 unspecified atom stereocenters. The number of carbonyl (C=O) groups excluding carboxylic acids is 1. The highest BCUT2D eigenvalue weighted by molar-refractivity contribution is 6.31. The van der Waals surface area contributed by atoms with Gasteiger partial charge in [-0.1, -0.05) is 43.6 Å². The first-order valence-corrected chi connectivity index (χ1v) is 9.10. The lowest BCUT2D eigenvalue weighted by Crippen LogP contribution is -2.49. The Morgan fingerprint density at radius 2 is 1.92 bits per heavy atom. The van der Waals surface area contributed by atoms with Gasteiger partial charge in [-0.2, -0.15) is 0 Å². The molecule has 1 aromatic carbocycles. The van der Waals surface area contributed by atoms with Crippen molar-refractivity contribution in [1.82, 2.24) is 4.90 Å². The summed E-state index contributed by atoms with van der Waals surface area (Å²) in [7, 11) is 1.86. The maximum Gasteiger partial charge on any atom is 0.233 e. The molecule has 1 aliphatic heterocycles. The van der Waals surface area contributed by atoms with E-state index in [9.17, 15) is 4.79 Å². The van der Waals surface area contributed by atoms with Gasteiger partial charge in [0.15, 0.2) is 0 Å². The molecule has 1 fully saturated rings. The van der Waals surface area contributed by atoms with E-state index in [4.69, 9.17) is 22.1 Å². The topological polar surface area (TPSA) is 55.6 Å². The van der Waals surface area contributed by atoms with E-state index >= 15 is 0 Å². The molecule has 1 atom stereocenters. The molecule has 1 aliphatic rings. The molecule has 0 spiro atoms. The predicted molar refractivity (Wildman–Crippen MR) is 105 cm³/mol. The van der Waals surface area contributed by atoms with E-state index in [1.54, 1.807) is 0 Å². The maximum absolute atomic E-state index is 13.3. The number of hydrogen-bond donors (Lipinski definition) is 1. The van der Waals surface area contributed by atoms with E-state index in [1.165, 1.54) is 0 Å². The molecule has 0 bridgehead atoms. The molecule has 142 valence electrons. The van der Waals surface area contributed by atoms with E-state index in [0.717, 1.165) is 12.0 Å². The molecular weight excluding hydrogens is 359 g/mol. The molecule has 0 radical (unpaired) electrons. The van der Waals surface area contributed by atoms with Crippen LogP contribution in [0.1, 0.15) is 38.7 Å². The highest BCUT2D eigenvalue weighted by atomic mass is 35.5. The Hall–Kier alpha value is -0.810. The molecule has 2 rings (SSSR count). The number of nitrogens with zero attached hydrogens (tertiary/aromatic N) is 1. The van der Waals surface area contributed by atoms with Crippen LogP contribution >= 0.6 is 24.0 Å². The summed E-state index contributed by atoms with van der Waals surface area (Å²) in [5.41, 5.74) is 6.46. The molecule has 0 aromatic heterocycles. The fourth-order valence-electron chi connectivity index (χ4n) is 3.31. The first-order valence-electron chi connectivity index (χ1n) is 8.72. The number of hydrogen-bond acceptors (Lipinski definition) is 3. The minimum Gasteiger partial charge on any atom is -0.381 e. The third kappa shape index (κ3) is 5.10. The van der Waals surface area contributed by atoms with Crippen LogP contribution in [-0.4, -0.2) is 43.7 Å². The zero-order chi connectivity index (χ0) is 17.7. The largest absolute Gasteiger partial charge is 0.381 e. The van der Waals surface area contributed by atoms with Gasteiger partial charge in [-0.25, -0.2) is 0 Å². The second-order valence-electron chi connectivity index (χ2n) is 7.10. The molecule has 0 saturated carbocycles. The van der Waals surface area contributed by atoms with Gasteiger partial charge in [0.25, 0.3) is 0 Å². The van der Waals surface area contributed by atoms with Gasteiger partial charge in [-0.05, 0) is 36.8 Å². The number of likely N-dealkylation sites (N-methyl/N-ethyl adjacent to an activating group) is 1. The first-order chi connectivity index (χ1) is 11.4. The number of amides is 1. The lowest BCUT2D eigenvalue weighted by atomic mass is 9.73. The first kappa shape index (κ1) is 22.2. The molecule has 1 amide bonds. The van der Waals surface area contributed by atoms with Crippen molar-refractivity contribution in [3.63, 3.8) is 0 Å². The Kier molecular flexibility index (Phi) is 8.69. The molecule has 1 heterocycles. The Labute approximate surface area is 162 Å². The molecule has 25 heavy (non-hydrogen) atoms. The van der Waals surface area contributed by atoms with E-state index in [1.807, 2.05) is 36.2 Å². The lowest BCUT2D eigenvalue weighted by Gasteiger charge is -2.39. The minimum atomic E-state index is -0.590. The fourth-order valence-corrected chi connectivity index (χ4v) is 3.63. The Bertz CT molecular complexity index is 560. The highest BCUT2D eigenvalue weighted by Gasteiger charge is 2.44. The van der Waals surface area contributed by atoms with Crippen molar-refractivity contribution in [1.29, 1.82) is 0 Å². The third-order valence-electron chi connectivity index (χ3n) is 5.15. The Morgan fingerprint density at radius 1 is 1.32 bits per heavy atom. The van der Waals surface area contributed by atoms with Crippen LogP contribution in [0.15, 0.2) is 24.3 Å². The van der Waals surface area contributed by atoms with Crippen LogP contribution in [0.3, 0.4) is 0 Å². The van der Waals surface area contributed by atoms with Crippen molar-refractivity contribution in [2.75, 3.05) is 26.8 Å². The second kappa shape index (κ2) is 9.77. The molecule has 4 nitrogen and oxygen atoms in total. The number of rotatable bonds is 6. The molecule has 6 heteroatoms. The standard InChI is InChI=1S/C19H29ClN2O2.ClH/c1-14(2)17(21)8-11-22(3)18(23)19(9-12-24-13-10-19)15-6-4-5-7-16(15)20;/h4-7,14,17H,8-13,21H2,1-3H3;1H. The quantitative estimate of drug-likeness (QED) is 0.808. The SMILES string of the molecule is CC(C)C(N)CCN(C)C(=O)C1(c2ccccc2Cl)CCOCC1.Cl. The molecule has 1 saturated heterocycles. The van der Waals surface area contributed by atoms with Crippen LogP contribution in [0.25, 0.3) is 0 Å². The van der Waals surface area contributed by atoms with Crippen molar-refractivity contribution in [2.24, 2.45) is 11.7 Å². The number of carbonyl (C=O) groups is 1. The zero-order valence-electron chi connectivity index (χ0n) is 15.3. The maximum atomic E-state index is 13.3. The summed E-state index contributed by atoms with van der Waals surface area (Å²) in [6.45, 7) is 6.03. The van der Waals surface area contributed by atoms with Crippen LogP contribution in [0, 0.1) is 5.92 Å². The van der Waals surface area contributed by atoms with Crippen LogP contribution in [0.5, 0.6) is 0 Å². The second-order valence-corrected chi connectivity index (χ2v) is 7.50. The summed E-state index contributed by atoms with van der Waals surface area (Å²) in [6.07, 6.45) is 2.13. The van der Waals surface area contributed by atoms with E-state index in [-0.39, 0.29) is 24.4 Å². The van der Waals surface area contributed by atoms with Gasteiger partial charge < -0.3 is 15.4 Å². The van der Waals surface area contributed by atoms with E-state index in [2.05, 4.69) is 13.8 Å². The van der Waals surface area contributed by atoms with Crippen molar-refractivity contribution in [3.8, 4) is 0 Å². The molecule has 2 N–H and O–H groups in total. The van der Waals surface area contributed by atoms with Gasteiger partial charge in [-0.15, -0.1) is 12.4 Å². The summed E-state index contributed by atoms with van der Waals surface area (Å²) in [5, 5.41) is 0.653. The Morgan fingerprint density at radius 3 is 2.48 bits per heavy atom. The van der Waals surface area contributed by atoms with E-state index in [0.29, 0.717) is 43.5 Å².